The molecule has 3 nitrogen and oxygen atoms in total. The summed E-state index contributed by atoms with van der Waals surface area (Å²) >= 11 is 11.9. The van der Waals surface area contributed by atoms with Crippen LogP contribution in [-0.4, -0.2) is 28.0 Å². The topological polar surface area (TPSA) is 49.3 Å². The van der Waals surface area contributed by atoms with Crippen LogP contribution >= 0.6 is 23.2 Å². The zero-order valence-corrected chi connectivity index (χ0v) is 13.2. The molecule has 0 heterocycles. The van der Waals surface area contributed by atoms with E-state index in [0.717, 1.165) is 0 Å². The summed E-state index contributed by atoms with van der Waals surface area (Å²) in [7, 11) is 0. The highest BCUT2D eigenvalue weighted by atomic mass is 35.5. The Morgan fingerprint density at radius 3 is 2.22 bits per heavy atom. The number of aliphatic hydroxyl groups is 1. The van der Waals surface area contributed by atoms with Crippen molar-refractivity contribution in [2.24, 2.45) is 16.7 Å². The van der Waals surface area contributed by atoms with Gasteiger partial charge in [-0.3, -0.25) is 4.79 Å². The van der Waals surface area contributed by atoms with E-state index in [1.807, 2.05) is 27.7 Å². The Balaban J connectivity index is 2.54. The van der Waals surface area contributed by atoms with Crippen molar-refractivity contribution in [2.45, 2.75) is 51.5 Å². The summed E-state index contributed by atoms with van der Waals surface area (Å²) in [5.74, 6) is 0.00471. The molecular formula is C13H23Cl2NO2. The van der Waals surface area contributed by atoms with Crippen molar-refractivity contribution < 1.29 is 9.90 Å². The fraction of sp³-hybridized carbons (Fsp3) is 0.923. The van der Waals surface area contributed by atoms with Crippen molar-refractivity contribution in [3.8, 4) is 0 Å². The zero-order valence-electron chi connectivity index (χ0n) is 11.7. The first kappa shape index (κ1) is 16.1. The van der Waals surface area contributed by atoms with Gasteiger partial charge in [0.1, 0.15) is 4.33 Å². The van der Waals surface area contributed by atoms with E-state index in [9.17, 15) is 9.90 Å². The molecule has 106 valence electrons. The molecule has 18 heavy (non-hydrogen) atoms. The normalized spacial score (nSPS) is 28.1. The van der Waals surface area contributed by atoms with Crippen molar-refractivity contribution >= 4 is 29.1 Å². The molecule has 0 radical (unpaired) electrons. The highest BCUT2D eigenvalue weighted by molar-refractivity contribution is 6.53. The summed E-state index contributed by atoms with van der Waals surface area (Å²) in [6.45, 7) is 9.94. The Hall–Kier alpha value is 0.01000. The van der Waals surface area contributed by atoms with E-state index in [4.69, 9.17) is 23.2 Å². The molecule has 0 aromatic heterocycles. The number of hydrogen-bond donors (Lipinski definition) is 2. The molecular weight excluding hydrogens is 273 g/mol. The molecule has 5 heteroatoms. The van der Waals surface area contributed by atoms with E-state index in [1.54, 1.807) is 6.92 Å². The number of nitrogens with one attached hydrogen (secondary N) is 1. The monoisotopic (exact) mass is 295 g/mol. The zero-order chi connectivity index (χ0) is 14.4. The van der Waals surface area contributed by atoms with Crippen LogP contribution in [0.1, 0.15) is 41.0 Å². The van der Waals surface area contributed by atoms with E-state index < -0.39 is 15.9 Å². The summed E-state index contributed by atoms with van der Waals surface area (Å²) in [6.07, 6.45) is 0.00354. The Kier molecular flexibility index (Phi) is 4.32. The van der Waals surface area contributed by atoms with Crippen LogP contribution in [0.2, 0.25) is 0 Å². The van der Waals surface area contributed by atoms with Gasteiger partial charge in [-0.05, 0) is 19.3 Å². The third-order valence-corrected chi connectivity index (χ3v) is 5.00. The van der Waals surface area contributed by atoms with Crippen molar-refractivity contribution in [2.75, 3.05) is 6.54 Å². The van der Waals surface area contributed by atoms with Crippen LogP contribution in [0.15, 0.2) is 0 Å². The van der Waals surface area contributed by atoms with Gasteiger partial charge in [-0.2, -0.15) is 0 Å². The highest BCUT2D eigenvalue weighted by Crippen LogP contribution is 2.63. The van der Waals surface area contributed by atoms with Gasteiger partial charge in [-0.1, -0.05) is 27.7 Å². The maximum atomic E-state index is 12.0. The average Bonchev–Trinajstić information content (AvgIpc) is 2.75. The standard InChI is InChI=1S/C13H23Cl2NO2/c1-8(2)9(17)11(3,4)7-16-10(18)12(5)6-13(12,14)15/h8-9,17H,6-7H2,1-5H3,(H,16,18). The predicted molar refractivity (Wildman–Crippen MR) is 74.8 cm³/mol. The molecule has 0 aromatic rings. The number of carbonyl (C=O) groups is 1. The molecule has 0 aliphatic heterocycles. The molecule has 0 spiro atoms. The summed E-state index contributed by atoms with van der Waals surface area (Å²) < 4.78 is -0.947. The van der Waals surface area contributed by atoms with Crippen molar-refractivity contribution in [1.29, 1.82) is 0 Å². The second-order valence-corrected chi connectivity index (χ2v) is 8.06. The number of alkyl halides is 2. The van der Waals surface area contributed by atoms with E-state index in [1.165, 1.54) is 0 Å². The number of halogens is 2. The minimum atomic E-state index is -0.947. The Morgan fingerprint density at radius 2 is 1.89 bits per heavy atom. The molecule has 1 saturated carbocycles. The summed E-state index contributed by atoms with van der Waals surface area (Å²) in [5.41, 5.74) is -1.08. The van der Waals surface area contributed by atoms with Crippen LogP contribution in [-0.2, 0) is 4.79 Å². The molecule has 2 N–H and O–H groups in total. The van der Waals surface area contributed by atoms with Crippen LogP contribution in [0.25, 0.3) is 0 Å². The lowest BCUT2D eigenvalue weighted by Gasteiger charge is -2.33. The quantitative estimate of drug-likeness (QED) is 0.766. The predicted octanol–water partition coefficient (Wildman–Crippen LogP) is 2.73. The molecule has 1 amide bonds. The number of rotatable bonds is 5. The molecule has 1 aliphatic rings. The SMILES string of the molecule is CC(C)C(O)C(C)(C)CNC(=O)C1(C)CC1(Cl)Cl. The lowest BCUT2D eigenvalue weighted by molar-refractivity contribution is -0.126. The first-order valence-electron chi connectivity index (χ1n) is 6.28. The van der Waals surface area contributed by atoms with Gasteiger partial charge in [0.15, 0.2) is 0 Å². The minimum Gasteiger partial charge on any atom is -0.392 e. The van der Waals surface area contributed by atoms with Gasteiger partial charge in [0.25, 0.3) is 0 Å². The van der Waals surface area contributed by atoms with E-state index in [2.05, 4.69) is 5.32 Å². The van der Waals surface area contributed by atoms with Crippen LogP contribution in [0.5, 0.6) is 0 Å². The Bertz CT molecular complexity index is 342. The number of aliphatic hydroxyl groups excluding tert-OH is 1. The molecule has 0 bridgehead atoms. The van der Waals surface area contributed by atoms with Gasteiger partial charge >= 0.3 is 0 Å². The number of carbonyl (C=O) groups excluding carboxylic acids is 1. The van der Waals surface area contributed by atoms with Gasteiger partial charge in [0.2, 0.25) is 5.91 Å². The Labute approximate surface area is 119 Å². The van der Waals surface area contributed by atoms with Gasteiger partial charge in [0, 0.05) is 12.0 Å². The van der Waals surface area contributed by atoms with Gasteiger partial charge in [-0.25, -0.2) is 0 Å². The fourth-order valence-corrected chi connectivity index (χ4v) is 2.86. The van der Waals surface area contributed by atoms with Crippen LogP contribution in [0.4, 0.5) is 0 Å². The van der Waals surface area contributed by atoms with Gasteiger partial charge in [-0.15, -0.1) is 23.2 Å². The maximum absolute atomic E-state index is 12.0. The molecule has 2 atom stereocenters. The van der Waals surface area contributed by atoms with Crippen LogP contribution in [0.3, 0.4) is 0 Å². The number of amides is 1. The van der Waals surface area contributed by atoms with E-state index in [0.29, 0.717) is 13.0 Å². The van der Waals surface area contributed by atoms with E-state index >= 15 is 0 Å². The summed E-state index contributed by atoms with van der Waals surface area (Å²) in [4.78, 5) is 12.0. The molecule has 0 saturated heterocycles. The maximum Gasteiger partial charge on any atom is 0.229 e. The molecule has 1 aliphatic carbocycles. The molecule has 1 rings (SSSR count). The molecule has 0 aromatic carbocycles. The average molecular weight is 296 g/mol. The molecule has 1 fully saturated rings. The summed E-state index contributed by atoms with van der Waals surface area (Å²) in [5, 5.41) is 12.9. The smallest absolute Gasteiger partial charge is 0.229 e. The minimum absolute atomic E-state index is 0.142. The third kappa shape index (κ3) is 2.94. The summed E-state index contributed by atoms with van der Waals surface area (Å²) in [6, 6.07) is 0. The van der Waals surface area contributed by atoms with Crippen molar-refractivity contribution in [3.63, 3.8) is 0 Å². The van der Waals surface area contributed by atoms with Crippen LogP contribution < -0.4 is 5.32 Å². The second-order valence-electron chi connectivity index (χ2n) is 6.57. The van der Waals surface area contributed by atoms with Gasteiger partial charge in [0.05, 0.1) is 11.5 Å². The van der Waals surface area contributed by atoms with Crippen molar-refractivity contribution in [1.82, 2.24) is 5.32 Å². The second kappa shape index (κ2) is 4.84. The lowest BCUT2D eigenvalue weighted by Crippen LogP contribution is -2.45. The number of hydrogen-bond acceptors (Lipinski definition) is 2. The first-order valence-corrected chi connectivity index (χ1v) is 7.04. The van der Waals surface area contributed by atoms with Crippen LogP contribution in [0, 0.1) is 16.7 Å². The third-order valence-electron chi connectivity index (χ3n) is 3.90. The largest absolute Gasteiger partial charge is 0.392 e. The first-order chi connectivity index (χ1) is 7.94. The fourth-order valence-electron chi connectivity index (χ4n) is 2.16. The van der Waals surface area contributed by atoms with E-state index in [-0.39, 0.29) is 17.2 Å². The molecule has 2 unspecified atom stereocenters. The Morgan fingerprint density at radius 1 is 1.44 bits per heavy atom. The van der Waals surface area contributed by atoms with Gasteiger partial charge < -0.3 is 10.4 Å². The lowest BCUT2D eigenvalue weighted by atomic mass is 9.80. The van der Waals surface area contributed by atoms with Crippen molar-refractivity contribution in [3.05, 3.63) is 0 Å². The highest BCUT2D eigenvalue weighted by Gasteiger charge is 2.67.